The molecule has 35 heavy (non-hydrogen) atoms. The van der Waals surface area contributed by atoms with Gasteiger partial charge in [0.15, 0.2) is 11.6 Å². The molecule has 0 spiro atoms. The number of hydrogen-bond acceptors (Lipinski definition) is 2. The Bertz CT molecular complexity index is 1210. The molecule has 0 N–H and O–H groups in total. The highest BCUT2D eigenvalue weighted by molar-refractivity contribution is 5.67. The van der Waals surface area contributed by atoms with E-state index >= 15 is 0 Å². The SMILES string of the molecule is C/C=C/c1ccc(-c2ccc(OCC3CCC(c4ccc(C5CO5)cc4F)CC3)c(F)c2F)cc1. The minimum Gasteiger partial charge on any atom is -0.490 e. The van der Waals surface area contributed by atoms with E-state index in [2.05, 4.69) is 0 Å². The summed E-state index contributed by atoms with van der Waals surface area (Å²) in [5.41, 5.74) is 3.49. The van der Waals surface area contributed by atoms with Gasteiger partial charge in [0.2, 0.25) is 5.82 Å². The van der Waals surface area contributed by atoms with Gasteiger partial charge in [-0.25, -0.2) is 8.78 Å². The van der Waals surface area contributed by atoms with Gasteiger partial charge in [0.1, 0.15) is 11.9 Å². The third kappa shape index (κ3) is 5.30. The van der Waals surface area contributed by atoms with Crippen LogP contribution in [0.1, 0.15) is 61.3 Å². The molecule has 0 bridgehead atoms. The smallest absolute Gasteiger partial charge is 0.201 e. The lowest BCUT2D eigenvalue weighted by Gasteiger charge is -2.29. The number of ether oxygens (including phenoxy) is 2. The minimum absolute atomic E-state index is 0.0505. The van der Waals surface area contributed by atoms with Crippen LogP contribution < -0.4 is 4.74 Å². The van der Waals surface area contributed by atoms with Crippen molar-refractivity contribution >= 4 is 6.08 Å². The molecule has 1 aliphatic heterocycles. The molecule has 0 radical (unpaired) electrons. The molecular formula is C30H29F3O2. The Hall–Kier alpha value is -3.05. The lowest BCUT2D eigenvalue weighted by atomic mass is 9.78. The lowest BCUT2D eigenvalue weighted by Crippen LogP contribution is -2.20. The van der Waals surface area contributed by atoms with Crippen molar-refractivity contribution in [3.63, 3.8) is 0 Å². The van der Waals surface area contributed by atoms with Crippen molar-refractivity contribution in [3.8, 4) is 16.9 Å². The molecule has 1 atom stereocenters. The van der Waals surface area contributed by atoms with Gasteiger partial charge in [-0.05, 0) is 84.9 Å². The Balaban J connectivity index is 1.18. The van der Waals surface area contributed by atoms with E-state index in [4.69, 9.17) is 9.47 Å². The van der Waals surface area contributed by atoms with E-state index in [0.29, 0.717) is 18.8 Å². The topological polar surface area (TPSA) is 21.8 Å². The monoisotopic (exact) mass is 478 g/mol. The second kappa shape index (κ2) is 10.3. The fourth-order valence-corrected chi connectivity index (χ4v) is 5.00. The van der Waals surface area contributed by atoms with Crippen LogP contribution in [0.25, 0.3) is 17.2 Å². The van der Waals surface area contributed by atoms with Gasteiger partial charge < -0.3 is 9.47 Å². The van der Waals surface area contributed by atoms with Gasteiger partial charge in [-0.15, -0.1) is 0 Å². The summed E-state index contributed by atoms with van der Waals surface area (Å²) < 4.78 is 55.1. The molecule has 2 aliphatic rings. The molecule has 2 fully saturated rings. The number of benzene rings is 3. The molecule has 1 saturated heterocycles. The normalized spacial score (nSPS) is 21.9. The maximum Gasteiger partial charge on any atom is 0.201 e. The molecule has 1 unspecified atom stereocenters. The molecule has 5 rings (SSSR count). The molecule has 2 nitrogen and oxygen atoms in total. The van der Waals surface area contributed by atoms with Crippen molar-refractivity contribution in [2.45, 2.75) is 44.6 Å². The Morgan fingerprint density at radius 3 is 2.31 bits per heavy atom. The van der Waals surface area contributed by atoms with Crippen LogP contribution in [-0.2, 0) is 4.74 Å². The maximum absolute atomic E-state index is 14.8. The second-order valence-corrected chi connectivity index (χ2v) is 9.49. The van der Waals surface area contributed by atoms with E-state index in [1.807, 2.05) is 43.3 Å². The Labute approximate surface area is 204 Å². The van der Waals surface area contributed by atoms with Crippen LogP contribution in [0.4, 0.5) is 13.2 Å². The molecule has 1 heterocycles. The Morgan fingerprint density at radius 1 is 0.914 bits per heavy atom. The van der Waals surface area contributed by atoms with Gasteiger partial charge in [0.25, 0.3) is 0 Å². The molecule has 1 saturated carbocycles. The fraction of sp³-hybridized carbons (Fsp3) is 0.333. The third-order valence-corrected chi connectivity index (χ3v) is 7.12. The van der Waals surface area contributed by atoms with Crippen LogP contribution in [0.5, 0.6) is 5.75 Å². The van der Waals surface area contributed by atoms with Crippen molar-refractivity contribution in [2.24, 2.45) is 5.92 Å². The van der Waals surface area contributed by atoms with Crippen molar-refractivity contribution in [1.29, 1.82) is 0 Å². The quantitative estimate of drug-likeness (QED) is 0.319. The summed E-state index contributed by atoms with van der Waals surface area (Å²) in [7, 11) is 0. The predicted octanol–water partition coefficient (Wildman–Crippen LogP) is 8.23. The fourth-order valence-electron chi connectivity index (χ4n) is 5.00. The second-order valence-electron chi connectivity index (χ2n) is 9.49. The summed E-state index contributed by atoms with van der Waals surface area (Å²) in [5.74, 6) is -1.69. The van der Waals surface area contributed by atoms with Gasteiger partial charge >= 0.3 is 0 Å². The van der Waals surface area contributed by atoms with Crippen molar-refractivity contribution < 1.29 is 22.6 Å². The summed E-state index contributed by atoms with van der Waals surface area (Å²) in [6.45, 7) is 2.92. The molecule has 0 amide bonds. The molecule has 5 heteroatoms. The van der Waals surface area contributed by atoms with E-state index in [0.717, 1.165) is 42.4 Å². The highest BCUT2D eigenvalue weighted by Gasteiger charge is 2.28. The van der Waals surface area contributed by atoms with Crippen LogP contribution in [0.2, 0.25) is 0 Å². The molecule has 182 valence electrons. The predicted molar refractivity (Wildman–Crippen MR) is 132 cm³/mol. The van der Waals surface area contributed by atoms with Crippen molar-refractivity contribution in [2.75, 3.05) is 13.2 Å². The first-order valence-electron chi connectivity index (χ1n) is 12.3. The molecular weight excluding hydrogens is 449 g/mol. The lowest BCUT2D eigenvalue weighted by molar-refractivity contribution is 0.192. The van der Waals surface area contributed by atoms with Gasteiger partial charge in [0, 0.05) is 5.56 Å². The van der Waals surface area contributed by atoms with Crippen LogP contribution in [0.15, 0.2) is 60.7 Å². The summed E-state index contributed by atoms with van der Waals surface area (Å²) in [4.78, 5) is 0. The maximum atomic E-state index is 14.8. The van der Waals surface area contributed by atoms with E-state index < -0.39 is 11.6 Å². The minimum atomic E-state index is -0.962. The average molecular weight is 479 g/mol. The van der Waals surface area contributed by atoms with Crippen molar-refractivity contribution in [3.05, 3.63) is 94.8 Å². The molecule has 3 aromatic carbocycles. The highest BCUT2D eigenvalue weighted by Crippen LogP contribution is 2.39. The summed E-state index contributed by atoms with van der Waals surface area (Å²) in [6.07, 6.45) is 7.34. The first-order valence-corrected chi connectivity index (χ1v) is 12.3. The first-order chi connectivity index (χ1) is 17.0. The van der Waals surface area contributed by atoms with Crippen LogP contribution in [0, 0.1) is 23.4 Å². The number of rotatable bonds is 7. The van der Waals surface area contributed by atoms with Gasteiger partial charge in [0.05, 0.1) is 13.2 Å². The zero-order chi connectivity index (χ0) is 24.4. The Morgan fingerprint density at radius 2 is 1.66 bits per heavy atom. The van der Waals surface area contributed by atoms with Crippen LogP contribution in [0.3, 0.4) is 0 Å². The Kier molecular flexibility index (Phi) is 6.96. The highest BCUT2D eigenvalue weighted by atomic mass is 19.2. The number of hydrogen-bond donors (Lipinski definition) is 0. The zero-order valence-electron chi connectivity index (χ0n) is 19.8. The summed E-state index contributed by atoms with van der Waals surface area (Å²) in [5, 5.41) is 0. The summed E-state index contributed by atoms with van der Waals surface area (Å²) in [6, 6.07) is 15.8. The van der Waals surface area contributed by atoms with Crippen molar-refractivity contribution in [1.82, 2.24) is 0 Å². The summed E-state index contributed by atoms with van der Waals surface area (Å²) >= 11 is 0. The molecule has 3 aromatic rings. The van der Waals surface area contributed by atoms with Gasteiger partial charge in [-0.3, -0.25) is 0 Å². The first kappa shape index (κ1) is 23.7. The van der Waals surface area contributed by atoms with E-state index in [1.165, 1.54) is 6.07 Å². The van der Waals surface area contributed by atoms with E-state index in [9.17, 15) is 13.2 Å². The molecule has 0 aromatic heterocycles. The zero-order valence-corrected chi connectivity index (χ0v) is 19.8. The van der Waals surface area contributed by atoms with Crippen LogP contribution >= 0.6 is 0 Å². The number of allylic oxidation sites excluding steroid dienone is 1. The van der Waals surface area contributed by atoms with E-state index in [1.54, 1.807) is 24.3 Å². The number of epoxide rings is 1. The standard InChI is InChI=1S/C30H29F3O2/c1-2-3-19-4-8-22(9-5-19)25-14-15-27(30(33)29(25)32)34-17-20-6-10-21(11-7-20)24-13-12-23(16-26(24)31)28-18-35-28/h2-5,8-9,12-16,20-21,28H,6-7,10-11,17-18H2,1H3/b3-2+. The average Bonchev–Trinajstić information content (AvgIpc) is 3.72. The van der Waals surface area contributed by atoms with Gasteiger partial charge in [-0.1, -0.05) is 48.6 Å². The third-order valence-electron chi connectivity index (χ3n) is 7.12. The van der Waals surface area contributed by atoms with E-state index in [-0.39, 0.29) is 35.1 Å². The largest absolute Gasteiger partial charge is 0.490 e. The van der Waals surface area contributed by atoms with Crippen LogP contribution in [-0.4, -0.2) is 13.2 Å². The number of halogens is 3. The molecule has 1 aliphatic carbocycles. The van der Waals surface area contributed by atoms with Gasteiger partial charge in [-0.2, -0.15) is 4.39 Å².